The van der Waals surface area contributed by atoms with Crippen molar-refractivity contribution in [1.82, 2.24) is 4.90 Å². The quantitative estimate of drug-likeness (QED) is 0.307. The van der Waals surface area contributed by atoms with Gasteiger partial charge in [0.2, 0.25) is 11.8 Å². The van der Waals surface area contributed by atoms with Crippen LogP contribution in [0, 0.1) is 11.8 Å². The van der Waals surface area contributed by atoms with E-state index in [0.29, 0.717) is 28.6 Å². The molecule has 164 valence electrons. The van der Waals surface area contributed by atoms with Gasteiger partial charge in [0.25, 0.3) is 0 Å². The smallest absolute Gasteiger partial charge is 0.308 e. The zero-order chi connectivity index (χ0) is 22.6. The number of Topliss-reactive ketones (excluding diaryl/α,β-unsaturated/α-hetero) is 1. The number of esters is 1. The van der Waals surface area contributed by atoms with E-state index in [-0.39, 0.29) is 23.6 Å². The monoisotopic (exact) mass is 452 g/mol. The Morgan fingerprint density at radius 1 is 0.969 bits per heavy atom. The first kappa shape index (κ1) is 20.8. The van der Waals surface area contributed by atoms with Crippen LogP contribution in [0.2, 0.25) is 5.02 Å². The minimum atomic E-state index is -0.718. The van der Waals surface area contributed by atoms with Crippen molar-refractivity contribution in [3.05, 3.63) is 59.1 Å². The van der Waals surface area contributed by atoms with E-state index in [2.05, 4.69) is 0 Å². The van der Waals surface area contributed by atoms with Crippen molar-refractivity contribution in [2.24, 2.45) is 11.8 Å². The first-order chi connectivity index (χ1) is 15.4. The average molecular weight is 453 g/mol. The summed E-state index contributed by atoms with van der Waals surface area (Å²) in [6.45, 7) is 1.99. The number of amides is 2. The molecule has 0 aromatic heterocycles. The van der Waals surface area contributed by atoms with Crippen molar-refractivity contribution in [1.29, 1.82) is 0 Å². The van der Waals surface area contributed by atoms with Crippen LogP contribution in [0.25, 0.3) is 0 Å². The maximum atomic E-state index is 13.5. The van der Waals surface area contributed by atoms with Gasteiger partial charge in [0.1, 0.15) is 5.75 Å². The van der Waals surface area contributed by atoms with E-state index in [1.54, 1.807) is 48.5 Å². The molecule has 0 saturated carbocycles. The number of carbonyl (C=O) groups excluding carboxylic acids is 4. The number of carbonyl (C=O) groups is 4. The summed E-state index contributed by atoms with van der Waals surface area (Å²) in [5.74, 6) is -2.17. The summed E-state index contributed by atoms with van der Waals surface area (Å²) < 4.78 is 5.03. The molecule has 3 fully saturated rings. The second kappa shape index (κ2) is 7.83. The molecule has 0 bridgehead atoms. The van der Waals surface area contributed by atoms with Gasteiger partial charge in [0.05, 0.1) is 23.6 Å². The van der Waals surface area contributed by atoms with Gasteiger partial charge in [-0.2, -0.15) is 0 Å². The minimum Gasteiger partial charge on any atom is -0.427 e. The molecule has 8 heteroatoms. The summed E-state index contributed by atoms with van der Waals surface area (Å²) in [7, 11) is 0. The summed E-state index contributed by atoms with van der Waals surface area (Å²) in [4.78, 5) is 54.8. The van der Waals surface area contributed by atoms with Crippen LogP contribution in [0.15, 0.2) is 48.5 Å². The summed E-state index contributed by atoms with van der Waals surface area (Å²) in [6, 6.07) is 12.1. The van der Waals surface area contributed by atoms with E-state index >= 15 is 0 Å². The van der Waals surface area contributed by atoms with Crippen LogP contribution in [0.1, 0.15) is 30.1 Å². The van der Waals surface area contributed by atoms with Gasteiger partial charge in [-0.25, -0.2) is 4.90 Å². The van der Waals surface area contributed by atoms with Crippen LogP contribution in [-0.2, 0) is 14.4 Å². The Morgan fingerprint density at radius 2 is 1.62 bits per heavy atom. The molecule has 0 radical (unpaired) electrons. The van der Waals surface area contributed by atoms with Crippen molar-refractivity contribution in [2.75, 3.05) is 11.4 Å². The molecule has 0 spiro atoms. The van der Waals surface area contributed by atoms with Crippen LogP contribution in [0.5, 0.6) is 5.75 Å². The zero-order valence-electron chi connectivity index (χ0n) is 17.4. The summed E-state index contributed by atoms with van der Waals surface area (Å²) in [5.41, 5.74) is 0.891. The maximum absolute atomic E-state index is 13.5. The Balaban J connectivity index is 1.48. The van der Waals surface area contributed by atoms with Gasteiger partial charge >= 0.3 is 5.97 Å². The lowest BCUT2D eigenvalue weighted by atomic mass is 9.85. The summed E-state index contributed by atoms with van der Waals surface area (Å²) >= 11 is 5.97. The number of hydrogen-bond donors (Lipinski definition) is 0. The second-order valence-corrected chi connectivity index (χ2v) is 8.85. The lowest BCUT2D eigenvalue weighted by Gasteiger charge is -2.27. The molecular formula is C24H21ClN2O5. The first-order valence-corrected chi connectivity index (χ1v) is 11.0. The number of ketones is 1. The highest BCUT2D eigenvalue weighted by Crippen LogP contribution is 2.48. The molecule has 0 N–H and O–H groups in total. The number of fused-ring (bicyclic) bond motifs is 3. The Labute approximate surface area is 189 Å². The van der Waals surface area contributed by atoms with E-state index in [9.17, 15) is 19.2 Å². The van der Waals surface area contributed by atoms with Gasteiger partial charge < -0.3 is 4.74 Å². The SMILES string of the molecule is CC(=O)Oc1ccc(N2C(=O)[C@@H]3[C@@H](C2=O)[C@@H]2CCCN2[C@@H]3C(=O)c2ccc(Cl)cc2)cc1. The largest absolute Gasteiger partial charge is 0.427 e. The predicted octanol–water partition coefficient (Wildman–Crippen LogP) is 3.10. The summed E-state index contributed by atoms with van der Waals surface area (Å²) in [5, 5.41) is 0.528. The zero-order valence-corrected chi connectivity index (χ0v) is 18.1. The van der Waals surface area contributed by atoms with E-state index in [1.807, 2.05) is 4.90 Å². The van der Waals surface area contributed by atoms with Crippen molar-refractivity contribution < 1.29 is 23.9 Å². The third kappa shape index (κ3) is 3.24. The van der Waals surface area contributed by atoms with Crippen LogP contribution in [0.4, 0.5) is 5.69 Å². The molecule has 32 heavy (non-hydrogen) atoms. The van der Waals surface area contributed by atoms with Gasteiger partial charge in [-0.15, -0.1) is 0 Å². The third-order valence-electron chi connectivity index (χ3n) is 6.61. The Morgan fingerprint density at radius 3 is 2.28 bits per heavy atom. The van der Waals surface area contributed by atoms with E-state index in [0.717, 1.165) is 12.8 Å². The standard InChI is InChI=1S/C24H21ClN2O5/c1-13(28)32-17-10-8-16(9-11-17)27-23(30)19-18-3-2-12-26(18)21(20(19)24(27)31)22(29)14-4-6-15(25)7-5-14/h4-11,18-21H,2-3,12H2,1H3/t18-,19-,20+,21-/m0/s1. The maximum Gasteiger partial charge on any atom is 0.308 e. The topological polar surface area (TPSA) is 84.0 Å². The average Bonchev–Trinajstić information content (AvgIpc) is 3.41. The molecule has 0 unspecified atom stereocenters. The first-order valence-electron chi connectivity index (χ1n) is 10.6. The molecule has 7 nitrogen and oxygen atoms in total. The molecule has 4 atom stereocenters. The number of benzene rings is 2. The highest BCUT2D eigenvalue weighted by atomic mass is 35.5. The van der Waals surface area contributed by atoms with Crippen LogP contribution >= 0.6 is 11.6 Å². The van der Waals surface area contributed by atoms with E-state index in [4.69, 9.17) is 16.3 Å². The van der Waals surface area contributed by atoms with Gasteiger partial charge in [0, 0.05) is 23.6 Å². The molecule has 3 aliphatic rings. The van der Waals surface area contributed by atoms with Gasteiger partial charge in [-0.1, -0.05) is 11.6 Å². The number of nitrogens with zero attached hydrogens (tertiary/aromatic N) is 2. The van der Waals surface area contributed by atoms with Crippen molar-refractivity contribution >= 4 is 40.9 Å². The number of hydrogen-bond acceptors (Lipinski definition) is 6. The number of halogens is 1. The third-order valence-corrected chi connectivity index (χ3v) is 6.86. The fourth-order valence-electron chi connectivity index (χ4n) is 5.38. The van der Waals surface area contributed by atoms with Gasteiger partial charge in [-0.3, -0.25) is 24.1 Å². The number of anilines is 1. The molecule has 3 heterocycles. The highest BCUT2D eigenvalue weighted by Gasteiger charge is 2.64. The lowest BCUT2D eigenvalue weighted by Crippen LogP contribution is -2.46. The van der Waals surface area contributed by atoms with Crippen LogP contribution < -0.4 is 9.64 Å². The number of imide groups is 1. The van der Waals surface area contributed by atoms with Crippen molar-refractivity contribution in [2.45, 2.75) is 31.8 Å². The molecule has 2 aromatic rings. The fraction of sp³-hybridized carbons (Fsp3) is 0.333. The van der Waals surface area contributed by atoms with Gasteiger partial charge in [0.15, 0.2) is 5.78 Å². The molecule has 5 rings (SSSR count). The lowest BCUT2D eigenvalue weighted by molar-refractivity contribution is -0.132. The Bertz CT molecular complexity index is 1110. The molecule has 2 aromatic carbocycles. The van der Waals surface area contributed by atoms with Crippen molar-refractivity contribution in [3.8, 4) is 5.75 Å². The van der Waals surface area contributed by atoms with E-state index in [1.165, 1.54) is 11.8 Å². The second-order valence-electron chi connectivity index (χ2n) is 8.41. The molecule has 2 amide bonds. The molecular weight excluding hydrogens is 432 g/mol. The Kier molecular flexibility index (Phi) is 5.10. The molecule has 3 saturated heterocycles. The van der Waals surface area contributed by atoms with Gasteiger partial charge in [-0.05, 0) is 67.9 Å². The normalized spacial score (nSPS) is 26.9. The highest BCUT2D eigenvalue weighted by molar-refractivity contribution is 6.30. The van der Waals surface area contributed by atoms with Crippen molar-refractivity contribution in [3.63, 3.8) is 0 Å². The van der Waals surface area contributed by atoms with Crippen LogP contribution in [-0.4, -0.2) is 47.1 Å². The molecule has 0 aliphatic carbocycles. The van der Waals surface area contributed by atoms with E-state index < -0.39 is 23.8 Å². The molecule has 3 aliphatic heterocycles. The Hall–Kier alpha value is -3.03. The number of rotatable bonds is 4. The minimum absolute atomic E-state index is 0.122. The van der Waals surface area contributed by atoms with Crippen LogP contribution in [0.3, 0.4) is 0 Å². The summed E-state index contributed by atoms with van der Waals surface area (Å²) in [6.07, 6.45) is 1.67. The predicted molar refractivity (Wildman–Crippen MR) is 117 cm³/mol. The fourth-order valence-corrected chi connectivity index (χ4v) is 5.51. The number of ether oxygens (including phenoxy) is 1.